The van der Waals surface area contributed by atoms with Gasteiger partial charge >= 0.3 is 0 Å². The predicted molar refractivity (Wildman–Crippen MR) is 81.1 cm³/mol. The van der Waals surface area contributed by atoms with E-state index in [-0.39, 0.29) is 5.91 Å². The molecule has 3 rings (SSSR count). The second-order valence-corrected chi connectivity index (χ2v) is 5.84. The second-order valence-electron chi connectivity index (χ2n) is 5.84. The zero-order chi connectivity index (χ0) is 13.9. The van der Waals surface area contributed by atoms with Gasteiger partial charge in [-0.1, -0.05) is 18.2 Å². The molecule has 2 heterocycles. The van der Waals surface area contributed by atoms with E-state index in [1.165, 1.54) is 11.3 Å². The molecule has 4 heteroatoms. The number of hydrogen-bond acceptors (Lipinski definition) is 3. The number of anilines is 1. The number of para-hydroxylation sites is 1. The summed E-state index contributed by atoms with van der Waals surface area (Å²) >= 11 is 0. The Labute approximate surface area is 121 Å². The number of rotatable bonds is 2. The highest BCUT2D eigenvalue weighted by molar-refractivity contribution is 5.82. The summed E-state index contributed by atoms with van der Waals surface area (Å²) in [6.07, 6.45) is 2.28. The van der Waals surface area contributed by atoms with Crippen molar-refractivity contribution in [1.82, 2.24) is 9.80 Å². The molecule has 0 unspecified atom stereocenters. The van der Waals surface area contributed by atoms with Crippen molar-refractivity contribution in [1.29, 1.82) is 0 Å². The minimum atomic E-state index is 0.273. The van der Waals surface area contributed by atoms with E-state index in [2.05, 4.69) is 41.1 Å². The highest BCUT2D eigenvalue weighted by atomic mass is 16.2. The van der Waals surface area contributed by atoms with E-state index >= 15 is 0 Å². The van der Waals surface area contributed by atoms with Gasteiger partial charge in [0, 0.05) is 38.4 Å². The lowest BCUT2D eigenvalue weighted by Gasteiger charge is -2.36. The maximum Gasteiger partial charge on any atom is 0.242 e. The average molecular weight is 273 g/mol. The van der Waals surface area contributed by atoms with E-state index in [4.69, 9.17) is 0 Å². The topological polar surface area (TPSA) is 26.8 Å². The molecule has 1 amide bonds. The molecule has 20 heavy (non-hydrogen) atoms. The lowest BCUT2D eigenvalue weighted by atomic mass is 10.0. The summed E-state index contributed by atoms with van der Waals surface area (Å²) in [6, 6.07) is 8.48. The Morgan fingerprint density at radius 2 is 1.85 bits per heavy atom. The molecule has 4 nitrogen and oxygen atoms in total. The highest BCUT2D eigenvalue weighted by Gasteiger charge is 2.23. The third kappa shape index (κ3) is 2.80. The Kier molecular flexibility index (Phi) is 3.92. The van der Waals surface area contributed by atoms with Crippen LogP contribution in [0.5, 0.6) is 0 Å². The van der Waals surface area contributed by atoms with Gasteiger partial charge in [-0.15, -0.1) is 0 Å². The third-order valence-corrected chi connectivity index (χ3v) is 4.39. The predicted octanol–water partition coefficient (Wildman–Crippen LogP) is 1.21. The largest absolute Gasteiger partial charge is 0.362 e. The first kappa shape index (κ1) is 13.4. The van der Waals surface area contributed by atoms with Crippen molar-refractivity contribution >= 4 is 11.6 Å². The third-order valence-electron chi connectivity index (χ3n) is 4.39. The Hall–Kier alpha value is -1.55. The molecule has 1 aromatic rings. The fourth-order valence-corrected chi connectivity index (χ4v) is 3.09. The van der Waals surface area contributed by atoms with Gasteiger partial charge in [-0.2, -0.15) is 0 Å². The minimum Gasteiger partial charge on any atom is -0.362 e. The maximum atomic E-state index is 12.4. The summed E-state index contributed by atoms with van der Waals surface area (Å²) in [4.78, 5) is 19.0. The molecule has 0 spiro atoms. The normalized spacial score (nSPS) is 19.9. The number of amides is 1. The van der Waals surface area contributed by atoms with Crippen LogP contribution < -0.4 is 4.90 Å². The Morgan fingerprint density at radius 1 is 1.10 bits per heavy atom. The lowest BCUT2D eigenvalue weighted by Crippen LogP contribution is -2.50. The van der Waals surface area contributed by atoms with E-state index in [9.17, 15) is 4.79 Å². The van der Waals surface area contributed by atoms with Gasteiger partial charge in [0.1, 0.15) is 0 Å². The molecule has 1 aromatic carbocycles. The summed E-state index contributed by atoms with van der Waals surface area (Å²) in [6.45, 7) is 5.23. The van der Waals surface area contributed by atoms with Crippen LogP contribution in [0.15, 0.2) is 24.3 Å². The standard InChI is InChI=1S/C16H23N3O/c1-17-9-11-18(12-10-17)16(20)13-19-8-4-6-14-5-2-3-7-15(14)19/h2-3,5,7H,4,6,8-13H2,1H3. The summed E-state index contributed by atoms with van der Waals surface area (Å²) in [5, 5.41) is 0. The fourth-order valence-electron chi connectivity index (χ4n) is 3.09. The number of piperazine rings is 1. The second kappa shape index (κ2) is 5.83. The fraction of sp³-hybridized carbons (Fsp3) is 0.562. The molecule has 0 atom stereocenters. The van der Waals surface area contributed by atoms with Crippen LogP contribution in [0.25, 0.3) is 0 Å². The van der Waals surface area contributed by atoms with Crippen molar-refractivity contribution < 1.29 is 4.79 Å². The Bertz CT molecular complexity index is 480. The van der Waals surface area contributed by atoms with Gasteiger partial charge in [-0.3, -0.25) is 4.79 Å². The highest BCUT2D eigenvalue weighted by Crippen LogP contribution is 2.26. The number of nitrogens with zero attached hydrogens (tertiary/aromatic N) is 3. The van der Waals surface area contributed by atoms with Gasteiger partial charge in [-0.25, -0.2) is 0 Å². The molecule has 108 valence electrons. The Balaban J connectivity index is 1.65. The number of carbonyl (C=O) groups is 1. The van der Waals surface area contributed by atoms with Gasteiger partial charge in [-0.05, 0) is 31.5 Å². The molecule has 2 aliphatic heterocycles. The van der Waals surface area contributed by atoms with Crippen LogP contribution in [0, 0.1) is 0 Å². The number of carbonyl (C=O) groups excluding carboxylic acids is 1. The van der Waals surface area contributed by atoms with Crippen LogP contribution in [-0.2, 0) is 11.2 Å². The van der Waals surface area contributed by atoms with E-state index in [1.54, 1.807) is 0 Å². The SMILES string of the molecule is CN1CCN(C(=O)CN2CCCc3ccccc32)CC1. The zero-order valence-electron chi connectivity index (χ0n) is 12.2. The summed E-state index contributed by atoms with van der Waals surface area (Å²) < 4.78 is 0. The van der Waals surface area contributed by atoms with Crippen LogP contribution in [0.4, 0.5) is 5.69 Å². The minimum absolute atomic E-state index is 0.273. The van der Waals surface area contributed by atoms with Crippen molar-refractivity contribution in [2.75, 3.05) is 51.2 Å². The molecule has 0 N–H and O–H groups in total. The first-order valence-electron chi connectivity index (χ1n) is 7.53. The van der Waals surface area contributed by atoms with E-state index in [0.29, 0.717) is 6.54 Å². The molecular formula is C16H23N3O. The van der Waals surface area contributed by atoms with Crippen LogP contribution >= 0.6 is 0 Å². The van der Waals surface area contributed by atoms with Gasteiger partial charge < -0.3 is 14.7 Å². The van der Waals surface area contributed by atoms with Crippen molar-refractivity contribution in [3.63, 3.8) is 0 Å². The summed E-state index contributed by atoms with van der Waals surface area (Å²) in [7, 11) is 2.11. The van der Waals surface area contributed by atoms with Crippen molar-refractivity contribution in [2.24, 2.45) is 0 Å². The molecule has 1 saturated heterocycles. The maximum absolute atomic E-state index is 12.4. The van der Waals surface area contributed by atoms with Gasteiger partial charge in [0.05, 0.1) is 6.54 Å². The summed E-state index contributed by atoms with van der Waals surface area (Å²) in [5.41, 5.74) is 2.63. The van der Waals surface area contributed by atoms with Crippen molar-refractivity contribution in [3.05, 3.63) is 29.8 Å². The monoisotopic (exact) mass is 273 g/mol. The molecule has 0 saturated carbocycles. The van der Waals surface area contributed by atoms with E-state index in [0.717, 1.165) is 45.6 Å². The number of aryl methyl sites for hydroxylation is 1. The zero-order valence-corrected chi connectivity index (χ0v) is 12.2. The van der Waals surface area contributed by atoms with Gasteiger partial charge in [0.2, 0.25) is 5.91 Å². The van der Waals surface area contributed by atoms with Crippen LogP contribution in [0.2, 0.25) is 0 Å². The number of fused-ring (bicyclic) bond motifs is 1. The average Bonchev–Trinajstić information content (AvgIpc) is 2.48. The Morgan fingerprint density at radius 3 is 2.65 bits per heavy atom. The molecule has 0 aromatic heterocycles. The van der Waals surface area contributed by atoms with E-state index in [1.807, 2.05) is 4.90 Å². The van der Waals surface area contributed by atoms with E-state index < -0.39 is 0 Å². The number of benzene rings is 1. The molecule has 0 bridgehead atoms. The molecule has 1 fully saturated rings. The quantitative estimate of drug-likeness (QED) is 0.810. The van der Waals surface area contributed by atoms with Gasteiger partial charge in [0.25, 0.3) is 0 Å². The summed E-state index contributed by atoms with van der Waals surface area (Å²) in [5.74, 6) is 0.273. The van der Waals surface area contributed by atoms with Crippen LogP contribution in [0.1, 0.15) is 12.0 Å². The van der Waals surface area contributed by atoms with Crippen molar-refractivity contribution in [2.45, 2.75) is 12.8 Å². The molecule has 0 aliphatic carbocycles. The van der Waals surface area contributed by atoms with Gasteiger partial charge in [0.15, 0.2) is 0 Å². The number of hydrogen-bond donors (Lipinski definition) is 0. The van der Waals surface area contributed by atoms with Crippen molar-refractivity contribution in [3.8, 4) is 0 Å². The number of likely N-dealkylation sites (N-methyl/N-ethyl adjacent to an activating group) is 1. The molecule has 2 aliphatic rings. The first-order chi connectivity index (χ1) is 9.74. The van der Waals surface area contributed by atoms with Crippen LogP contribution in [0.3, 0.4) is 0 Å². The smallest absolute Gasteiger partial charge is 0.242 e. The first-order valence-corrected chi connectivity index (χ1v) is 7.53. The molecular weight excluding hydrogens is 250 g/mol. The lowest BCUT2D eigenvalue weighted by molar-refractivity contribution is -0.131. The van der Waals surface area contributed by atoms with Crippen LogP contribution in [-0.4, -0.2) is 62.0 Å². The molecule has 0 radical (unpaired) electrons.